The quantitative estimate of drug-likeness (QED) is 0.221. The first-order valence-electron chi connectivity index (χ1n) is 9.75. The first-order chi connectivity index (χ1) is 12.3. The Morgan fingerprint density at radius 3 is 2.58 bits per heavy atom. The number of aliphatic imine (C=N–C) groups is 1. The van der Waals surface area contributed by atoms with E-state index in [1.54, 1.807) is 11.3 Å². The molecule has 0 saturated heterocycles. The molecule has 0 bridgehead atoms. The molecule has 7 heteroatoms. The second-order valence-corrected chi connectivity index (χ2v) is 7.69. The normalized spacial score (nSPS) is 15.5. The predicted molar refractivity (Wildman–Crippen MR) is 122 cm³/mol. The van der Waals surface area contributed by atoms with E-state index >= 15 is 0 Å². The van der Waals surface area contributed by atoms with Crippen LogP contribution >= 0.6 is 35.3 Å². The largest absolute Gasteiger partial charge is 0.378 e. The number of ether oxygens (including phenoxy) is 1. The van der Waals surface area contributed by atoms with Gasteiger partial charge >= 0.3 is 0 Å². The molecule has 0 radical (unpaired) electrons. The number of thiazole rings is 1. The van der Waals surface area contributed by atoms with Crippen LogP contribution in [0.5, 0.6) is 0 Å². The average Bonchev–Trinajstić information content (AvgIpc) is 3.05. The lowest BCUT2D eigenvalue weighted by Crippen LogP contribution is -2.38. The Balaban J connectivity index is 0.00000338. The average molecular weight is 494 g/mol. The van der Waals surface area contributed by atoms with Crippen molar-refractivity contribution in [1.29, 1.82) is 0 Å². The van der Waals surface area contributed by atoms with Gasteiger partial charge in [0, 0.05) is 37.8 Å². The summed E-state index contributed by atoms with van der Waals surface area (Å²) in [6, 6.07) is 0. The number of rotatable bonds is 10. The first-order valence-corrected chi connectivity index (χ1v) is 10.6. The van der Waals surface area contributed by atoms with Crippen LogP contribution in [-0.4, -0.2) is 43.8 Å². The summed E-state index contributed by atoms with van der Waals surface area (Å²) < 4.78 is 5.95. The fraction of sp³-hybridized carbons (Fsp3) is 0.789. The zero-order valence-electron chi connectivity index (χ0n) is 16.3. The van der Waals surface area contributed by atoms with Crippen LogP contribution in [-0.2, 0) is 11.2 Å². The van der Waals surface area contributed by atoms with Gasteiger partial charge in [0.25, 0.3) is 0 Å². The van der Waals surface area contributed by atoms with Gasteiger partial charge in [-0.2, -0.15) is 0 Å². The highest BCUT2D eigenvalue weighted by Gasteiger charge is 2.12. The Morgan fingerprint density at radius 1 is 1.19 bits per heavy atom. The van der Waals surface area contributed by atoms with Crippen LogP contribution < -0.4 is 10.6 Å². The number of nitrogens with one attached hydrogen (secondary N) is 2. The summed E-state index contributed by atoms with van der Waals surface area (Å²) in [6.45, 7) is 4.76. The van der Waals surface area contributed by atoms with E-state index in [1.165, 1.54) is 37.1 Å². The molecule has 2 N–H and O–H groups in total. The highest BCUT2D eigenvalue weighted by atomic mass is 127. The van der Waals surface area contributed by atoms with E-state index in [0.717, 1.165) is 57.0 Å². The van der Waals surface area contributed by atoms with Crippen molar-refractivity contribution in [3.63, 3.8) is 0 Å². The Hall–Kier alpha value is -0.410. The molecule has 5 nitrogen and oxygen atoms in total. The van der Waals surface area contributed by atoms with E-state index in [1.807, 2.05) is 7.05 Å². The molecular formula is C19H35IN4OS. The molecule has 0 aliphatic heterocycles. The van der Waals surface area contributed by atoms with Gasteiger partial charge in [0.05, 0.1) is 11.1 Å². The van der Waals surface area contributed by atoms with Crippen LogP contribution in [0, 0.1) is 6.92 Å². The highest BCUT2D eigenvalue weighted by molar-refractivity contribution is 14.0. The third kappa shape index (κ3) is 10.1. The number of hydrogen-bond donors (Lipinski definition) is 2. The summed E-state index contributed by atoms with van der Waals surface area (Å²) in [5, 5.41) is 10.1. The molecule has 1 heterocycles. The third-order valence-corrected chi connectivity index (χ3v) is 5.55. The number of aromatic nitrogens is 1. The van der Waals surface area contributed by atoms with E-state index < -0.39 is 0 Å². The maximum Gasteiger partial charge on any atom is 0.190 e. The van der Waals surface area contributed by atoms with Crippen molar-refractivity contribution in [2.24, 2.45) is 4.99 Å². The predicted octanol–water partition coefficient (Wildman–Crippen LogP) is 4.30. The number of hydrogen-bond acceptors (Lipinski definition) is 4. The standard InChI is InChI=1S/C19H34N4OS.HI/c1-16-15-25-18(23-16)11-6-7-12-21-19(20-2)22-13-8-14-24-17-9-4-3-5-10-17;/h15,17H,3-14H2,1-2H3,(H2,20,21,22);1H. The number of guanidine groups is 1. The van der Waals surface area contributed by atoms with Crippen molar-refractivity contribution in [2.75, 3.05) is 26.7 Å². The van der Waals surface area contributed by atoms with Crippen molar-refractivity contribution in [3.05, 3.63) is 16.1 Å². The molecular weight excluding hydrogens is 459 g/mol. The van der Waals surface area contributed by atoms with Gasteiger partial charge in [-0.15, -0.1) is 35.3 Å². The van der Waals surface area contributed by atoms with E-state index in [-0.39, 0.29) is 24.0 Å². The van der Waals surface area contributed by atoms with Crippen molar-refractivity contribution in [3.8, 4) is 0 Å². The number of unbranched alkanes of at least 4 members (excludes halogenated alkanes) is 1. The molecule has 1 saturated carbocycles. The van der Waals surface area contributed by atoms with Gasteiger partial charge in [0.2, 0.25) is 0 Å². The monoisotopic (exact) mass is 494 g/mol. The minimum Gasteiger partial charge on any atom is -0.378 e. The molecule has 1 aromatic heterocycles. The number of nitrogens with zero attached hydrogens (tertiary/aromatic N) is 2. The molecule has 1 aromatic rings. The molecule has 0 atom stereocenters. The van der Waals surface area contributed by atoms with Gasteiger partial charge in [-0.1, -0.05) is 19.3 Å². The molecule has 150 valence electrons. The summed E-state index contributed by atoms with van der Waals surface area (Å²) in [7, 11) is 1.83. The van der Waals surface area contributed by atoms with Crippen molar-refractivity contribution in [2.45, 2.75) is 70.8 Å². The van der Waals surface area contributed by atoms with Crippen LogP contribution in [0.25, 0.3) is 0 Å². The molecule has 1 aliphatic carbocycles. The second kappa shape index (κ2) is 14.6. The number of halogens is 1. The molecule has 0 aromatic carbocycles. The van der Waals surface area contributed by atoms with E-state index in [0.29, 0.717) is 6.10 Å². The molecule has 1 fully saturated rings. The van der Waals surface area contributed by atoms with Crippen LogP contribution in [0.4, 0.5) is 0 Å². The Morgan fingerprint density at radius 2 is 1.92 bits per heavy atom. The van der Waals surface area contributed by atoms with Gasteiger partial charge in [-0.3, -0.25) is 4.99 Å². The van der Waals surface area contributed by atoms with Gasteiger partial charge in [0.1, 0.15) is 0 Å². The van der Waals surface area contributed by atoms with Crippen LogP contribution in [0.1, 0.15) is 62.1 Å². The minimum absolute atomic E-state index is 0. The molecule has 2 rings (SSSR count). The molecule has 26 heavy (non-hydrogen) atoms. The Kier molecular flexibility index (Phi) is 13.3. The molecule has 0 spiro atoms. The summed E-state index contributed by atoms with van der Waals surface area (Å²) in [4.78, 5) is 8.78. The molecule has 0 amide bonds. The van der Waals surface area contributed by atoms with E-state index in [4.69, 9.17) is 4.74 Å². The first kappa shape index (κ1) is 23.6. The fourth-order valence-corrected chi connectivity index (χ4v) is 3.93. The molecule has 0 unspecified atom stereocenters. The zero-order valence-corrected chi connectivity index (χ0v) is 19.4. The fourth-order valence-electron chi connectivity index (χ4n) is 3.11. The topological polar surface area (TPSA) is 58.5 Å². The van der Waals surface area contributed by atoms with Crippen LogP contribution in [0.2, 0.25) is 0 Å². The molecule has 1 aliphatic rings. The van der Waals surface area contributed by atoms with Gasteiger partial charge in [0.15, 0.2) is 5.96 Å². The van der Waals surface area contributed by atoms with E-state index in [2.05, 4.69) is 32.9 Å². The van der Waals surface area contributed by atoms with Crippen molar-refractivity contribution < 1.29 is 4.74 Å². The second-order valence-electron chi connectivity index (χ2n) is 6.75. The SMILES string of the molecule is CN=C(NCCCCc1nc(C)cs1)NCCCOC1CCCCC1.I. The van der Waals surface area contributed by atoms with Gasteiger partial charge < -0.3 is 15.4 Å². The zero-order chi connectivity index (χ0) is 17.7. The third-order valence-electron chi connectivity index (χ3n) is 4.52. The van der Waals surface area contributed by atoms with E-state index in [9.17, 15) is 0 Å². The summed E-state index contributed by atoms with van der Waals surface area (Å²) in [6.07, 6.45) is 11.4. The summed E-state index contributed by atoms with van der Waals surface area (Å²) in [5.41, 5.74) is 1.13. The van der Waals surface area contributed by atoms with Gasteiger partial charge in [-0.25, -0.2) is 4.98 Å². The van der Waals surface area contributed by atoms with Crippen LogP contribution in [0.3, 0.4) is 0 Å². The lowest BCUT2D eigenvalue weighted by atomic mass is 9.98. The summed E-state index contributed by atoms with van der Waals surface area (Å²) in [5.74, 6) is 0.891. The lowest BCUT2D eigenvalue weighted by molar-refractivity contribution is 0.0277. The van der Waals surface area contributed by atoms with Crippen LogP contribution in [0.15, 0.2) is 10.4 Å². The van der Waals surface area contributed by atoms with Crippen molar-refractivity contribution in [1.82, 2.24) is 15.6 Å². The maximum absolute atomic E-state index is 5.95. The highest BCUT2D eigenvalue weighted by Crippen LogP contribution is 2.20. The minimum atomic E-state index is 0. The van der Waals surface area contributed by atoms with Gasteiger partial charge in [-0.05, 0) is 45.4 Å². The van der Waals surface area contributed by atoms with Crippen molar-refractivity contribution >= 4 is 41.3 Å². The lowest BCUT2D eigenvalue weighted by Gasteiger charge is -2.22. The smallest absolute Gasteiger partial charge is 0.190 e. The Labute approximate surface area is 179 Å². The maximum atomic E-state index is 5.95. The Bertz CT molecular complexity index is 503. The number of aryl methyl sites for hydroxylation is 2. The summed E-state index contributed by atoms with van der Waals surface area (Å²) >= 11 is 1.76.